The summed E-state index contributed by atoms with van der Waals surface area (Å²) in [5.74, 6) is 6.33. The van der Waals surface area contributed by atoms with Gasteiger partial charge in [0.25, 0.3) is 0 Å². The minimum Gasteiger partial charge on any atom is -0.663 e. The molecule has 0 saturated heterocycles. The van der Waals surface area contributed by atoms with Crippen LogP contribution in [0.25, 0.3) is 11.0 Å². The number of rotatable bonds is 1. The van der Waals surface area contributed by atoms with Crippen LogP contribution in [0.4, 0.5) is 0 Å². The first kappa shape index (κ1) is 16.0. The van der Waals surface area contributed by atoms with E-state index in [-0.39, 0.29) is 22.5 Å². The van der Waals surface area contributed by atoms with Crippen molar-refractivity contribution in [1.82, 2.24) is 15.0 Å². The van der Waals surface area contributed by atoms with E-state index in [1.165, 1.54) is 6.33 Å². The van der Waals surface area contributed by atoms with Crippen LogP contribution in [0, 0.1) is 17.3 Å². The van der Waals surface area contributed by atoms with Crippen LogP contribution in [0.1, 0.15) is 18.2 Å². The predicted octanol–water partition coefficient (Wildman–Crippen LogP) is 3.17. The molecule has 3 rings (SSSR count). The maximum Gasteiger partial charge on any atom is 0.115 e. The van der Waals surface area contributed by atoms with Crippen molar-refractivity contribution in [2.75, 3.05) is 0 Å². The van der Waals surface area contributed by atoms with Gasteiger partial charge in [0, 0.05) is 41.4 Å². The van der Waals surface area contributed by atoms with Gasteiger partial charge in [-0.2, -0.15) is 6.20 Å². The number of pyridine rings is 1. The van der Waals surface area contributed by atoms with E-state index in [1.807, 2.05) is 37.3 Å². The van der Waals surface area contributed by atoms with Gasteiger partial charge in [-0.3, -0.25) is 4.98 Å². The molecule has 1 aliphatic rings. The van der Waals surface area contributed by atoms with Gasteiger partial charge in [0.2, 0.25) is 0 Å². The smallest absolute Gasteiger partial charge is 0.115 e. The fraction of sp³-hybridized carbons (Fsp3) is 0.118. The van der Waals surface area contributed by atoms with Crippen LogP contribution in [0.2, 0.25) is 0 Å². The van der Waals surface area contributed by atoms with Crippen molar-refractivity contribution < 1.29 is 17.1 Å². The zero-order chi connectivity index (χ0) is 14.5. The summed E-state index contributed by atoms with van der Waals surface area (Å²) in [5.41, 5.74) is 2.09. The van der Waals surface area contributed by atoms with Crippen molar-refractivity contribution >= 4 is 5.70 Å². The molecule has 0 aliphatic carbocycles. The third-order valence-electron chi connectivity index (χ3n) is 3.04. The average Bonchev–Trinajstić information content (AvgIpc) is 2.55. The second-order valence-corrected chi connectivity index (χ2v) is 4.85. The van der Waals surface area contributed by atoms with Crippen molar-refractivity contribution in [3.8, 4) is 11.8 Å². The molecule has 2 aromatic rings. The first-order valence-electron chi connectivity index (χ1n) is 6.56. The van der Waals surface area contributed by atoms with Crippen LogP contribution in [-0.2, 0) is 17.1 Å². The van der Waals surface area contributed by atoms with E-state index in [1.54, 1.807) is 24.8 Å². The third kappa shape index (κ3) is 3.82. The predicted molar refractivity (Wildman–Crippen MR) is 81.7 cm³/mol. The molecule has 0 spiro atoms. The summed E-state index contributed by atoms with van der Waals surface area (Å²) >= 11 is 0. The molecular weight excluding hydrogens is 316 g/mol. The molecule has 0 amide bonds. The molecular formula is C17H13FeN4-. The van der Waals surface area contributed by atoms with Crippen LogP contribution >= 0.6 is 0 Å². The SMILES string of the molecule is CC1(C#Cc2cncnc2)C=C[N-]C(c2ccccn2)=C1.[Fe]. The molecule has 1 unspecified atom stereocenters. The molecule has 2 aromatic heterocycles. The van der Waals surface area contributed by atoms with Crippen LogP contribution < -0.4 is 0 Å². The summed E-state index contributed by atoms with van der Waals surface area (Å²) in [6.07, 6.45) is 12.4. The molecule has 0 radical (unpaired) electrons. The zero-order valence-corrected chi connectivity index (χ0v) is 13.0. The minimum absolute atomic E-state index is 0. The van der Waals surface area contributed by atoms with E-state index in [2.05, 4.69) is 32.1 Å². The maximum atomic E-state index is 4.38. The van der Waals surface area contributed by atoms with Gasteiger partial charge in [-0.1, -0.05) is 30.1 Å². The van der Waals surface area contributed by atoms with E-state index < -0.39 is 0 Å². The molecule has 5 heteroatoms. The standard InChI is InChI=1S/C17H13N4.Fe/c1-17(6-5-14-11-18-13-19-12-14)7-9-21-16(10-17)15-4-2-3-8-20-15;/h2-4,7-13H,1H3;/q-1;. The minimum atomic E-state index is -0.384. The van der Waals surface area contributed by atoms with Gasteiger partial charge >= 0.3 is 0 Å². The average molecular weight is 329 g/mol. The van der Waals surface area contributed by atoms with Gasteiger partial charge in [0.05, 0.1) is 11.0 Å². The number of aromatic nitrogens is 3. The van der Waals surface area contributed by atoms with Gasteiger partial charge < -0.3 is 5.32 Å². The summed E-state index contributed by atoms with van der Waals surface area (Å²) in [4.78, 5) is 12.2. The Morgan fingerprint density at radius 1 is 1.18 bits per heavy atom. The molecule has 0 fully saturated rings. The molecule has 1 atom stereocenters. The Balaban J connectivity index is 0.00000176. The van der Waals surface area contributed by atoms with Crippen molar-refractivity contribution in [3.05, 3.63) is 78.0 Å². The quantitative estimate of drug-likeness (QED) is 0.596. The Labute approximate surface area is 140 Å². The number of allylic oxidation sites excluding steroid dienone is 2. The molecule has 0 aromatic carbocycles. The first-order valence-corrected chi connectivity index (χ1v) is 6.56. The van der Waals surface area contributed by atoms with E-state index in [0.29, 0.717) is 0 Å². The summed E-state index contributed by atoms with van der Waals surface area (Å²) < 4.78 is 0. The molecule has 110 valence electrons. The first-order chi connectivity index (χ1) is 10.3. The Morgan fingerprint density at radius 2 is 2.00 bits per heavy atom. The molecule has 22 heavy (non-hydrogen) atoms. The van der Waals surface area contributed by atoms with Gasteiger partial charge in [0.1, 0.15) is 6.33 Å². The molecule has 4 nitrogen and oxygen atoms in total. The van der Waals surface area contributed by atoms with Crippen molar-refractivity contribution in [3.63, 3.8) is 0 Å². The van der Waals surface area contributed by atoms with E-state index in [9.17, 15) is 0 Å². The summed E-state index contributed by atoms with van der Waals surface area (Å²) in [6, 6.07) is 5.77. The van der Waals surface area contributed by atoms with Gasteiger partial charge in [-0.15, -0.1) is 5.70 Å². The van der Waals surface area contributed by atoms with Crippen LogP contribution in [0.5, 0.6) is 0 Å². The van der Waals surface area contributed by atoms with E-state index >= 15 is 0 Å². The van der Waals surface area contributed by atoms with Gasteiger partial charge in [-0.25, -0.2) is 9.97 Å². The maximum absolute atomic E-state index is 4.38. The Morgan fingerprint density at radius 3 is 2.73 bits per heavy atom. The number of nitrogens with zero attached hydrogens (tertiary/aromatic N) is 4. The topological polar surface area (TPSA) is 52.8 Å². The van der Waals surface area contributed by atoms with Gasteiger partial charge in [0.15, 0.2) is 0 Å². The number of hydrogen-bond acceptors (Lipinski definition) is 3. The summed E-state index contributed by atoms with van der Waals surface area (Å²) in [6.45, 7) is 2.04. The summed E-state index contributed by atoms with van der Waals surface area (Å²) in [7, 11) is 0. The van der Waals surface area contributed by atoms with Crippen molar-refractivity contribution in [1.29, 1.82) is 0 Å². The van der Waals surface area contributed by atoms with E-state index in [4.69, 9.17) is 0 Å². The van der Waals surface area contributed by atoms with Crippen molar-refractivity contribution in [2.45, 2.75) is 6.92 Å². The van der Waals surface area contributed by atoms with E-state index in [0.717, 1.165) is 17.0 Å². The third-order valence-corrected chi connectivity index (χ3v) is 3.04. The fourth-order valence-electron chi connectivity index (χ4n) is 1.94. The Kier molecular flexibility index (Phi) is 5.11. The zero-order valence-electron chi connectivity index (χ0n) is 11.9. The second kappa shape index (κ2) is 7.04. The number of hydrogen-bond donors (Lipinski definition) is 0. The Bertz CT molecular complexity index is 744. The fourth-order valence-corrected chi connectivity index (χ4v) is 1.94. The van der Waals surface area contributed by atoms with Crippen LogP contribution in [-0.4, -0.2) is 15.0 Å². The molecule has 3 heterocycles. The van der Waals surface area contributed by atoms with Crippen molar-refractivity contribution in [2.24, 2.45) is 5.41 Å². The second-order valence-electron chi connectivity index (χ2n) is 4.85. The monoisotopic (exact) mass is 329 g/mol. The molecule has 0 saturated carbocycles. The normalized spacial score (nSPS) is 19.0. The van der Waals surface area contributed by atoms with Crippen LogP contribution in [0.15, 0.2) is 61.5 Å². The summed E-state index contributed by atoms with van der Waals surface area (Å²) in [5, 5.41) is 4.38. The molecule has 0 N–H and O–H groups in total. The Hall–Kier alpha value is -2.41. The largest absolute Gasteiger partial charge is 0.663 e. The molecule has 1 aliphatic heterocycles. The molecule has 0 bridgehead atoms. The van der Waals surface area contributed by atoms with Crippen LogP contribution in [0.3, 0.4) is 0 Å². The van der Waals surface area contributed by atoms with Gasteiger partial charge in [-0.05, 0) is 19.1 Å².